The fourth-order valence-electron chi connectivity index (χ4n) is 3.10. The molecule has 1 aromatic carbocycles. The van der Waals surface area contributed by atoms with Crippen molar-refractivity contribution < 1.29 is 18.3 Å². The van der Waals surface area contributed by atoms with Crippen LogP contribution in [0.3, 0.4) is 0 Å². The van der Waals surface area contributed by atoms with Crippen LogP contribution in [0, 0.1) is 0 Å². The molecule has 0 aliphatic carbocycles. The molecule has 0 radical (unpaired) electrons. The standard InChI is InChI=1S/C17H24F3NO/c1-16(2,3)15-9-12(6-7-14(15)17(18,19)20)10-21-8-4-5-13(21)11-22/h6-7,9,13,22H,4-5,8,10-11H2,1-3H3/t13-/m0/s1. The lowest BCUT2D eigenvalue weighted by atomic mass is 9.82. The van der Waals surface area contributed by atoms with Gasteiger partial charge in [-0.2, -0.15) is 13.2 Å². The molecule has 0 aromatic heterocycles. The van der Waals surface area contributed by atoms with E-state index in [4.69, 9.17) is 0 Å². The van der Waals surface area contributed by atoms with Crippen molar-refractivity contribution in [2.75, 3.05) is 13.2 Å². The van der Waals surface area contributed by atoms with Crippen LogP contribution in [-0.4, -0.2) is 29.2 Å². The maximum absolute atomic E-state index is 13.2. The van der Waals surface area contributed by atoms with Gasteiger partial charge in [0.2, 0.25) is 0 Å². The van der Waals surface area contributed by atoms with Crippen LogP contribution in [0.25, 0.3) is 0 Å². The number of hydrogen-bond donors (Lipinski definition) is 1. The molecule has 0 unspecified atom stereocenters. The molecule has 1 atom stereocenters. The third-order valence-corrected chi connectivity index (χ3v) is 4.29. The lowest BCUT2D eigenvalue weighted by Crippen LogP contribution is -2.31. The Bertz CT molecular complexity index is 520. The first kappa shape index (κ1) is 17.3. The highest BCUT2D eigenvalue weighted by atomic mass is 19.4. The highest BCUT2D eigenvalue weighted by molar-refractivity contribution is 5.38. The highest BCUT2D eigenvalue weighted by Crippen LogP contribution is 2.38. The van der Waals surface area contributed by atoms with Gasteiger partial charge < -0.3 is 5.11 Å². The second-order valence-electron chi connectivity index (χ2n) is 7.08. The molecule has 0 spiro atoms. The molecule has 2 nitrogen and oxygen atoms in total. The van der Waals surface area contributed by atoms with Gasteiger partial charge in [-0.05, 0) is 42.0 Å². The van der Waals surface area contributed by atoms with Gasteiger partial charge in [0.15, 0.2) is 0 Å². The second-order valence-corrected chi connectivity index (χ2v) is 7.08. The van der Waals surface area contributed by atoms with Crippen LogP contribution in [0.5, 0.6) is 0 Å². The van der Waals surface area contributed by atoms with Gasteiger partial charge in [0, 0.05) is 12.6 Å². The lowest BCUT2D eigenvalue weighted by Gasteiger charge is -2.27. The largest absolute Gasteiger partial charge is 0.416 e. The van der Waals surface area contributed by atoms with E-state index in [1.54, 1.807) is 32.9 Å². The molecule has 22 heavy (non-hydrogen) atoms. The summed E-state index contributed by atoms with van der Waals surface area (Å²) in [6.07, 6.45) is -2.36. The van der Waals surface area contributed by atoms with E-state index in [1.807, 2.05) is 0 Å². The van der Waals surface area contributed by atoms with Gasteiger partial charge in [-0.1, -0.05) is 32.9 Å². The second kappa shape index (κ2) is 6.20. The van der Waals surface area contributed by atoms with Crippen molar-refractivity contribution in [1.82, 2.24) is 4.90 Å². The Labute approximate surface area is 129 Å². The Morgan fingerprint density at radius 1 is 1.18 bits per heavy atom. The van der Waals surface area contributed by atoms with Crippen LogP contribution >= 0.6 is 0 Å². The zero-order valence-electron chi connectivity index (χ0n) is 13.4. The van der Waals surface area contributed by atoms with Crippen molar-refractivity contribution in [2.45, 2.75) is 57.8 Å². The van der Waals surface area contributed by atoms with Gasteiger partial charge in [0.25, 0.3) is 0 Å². The van der Waals surface area contributed by atoms with E-state index in [-0.39, 0.29) is 12.6 Å². The molecule has 124 valence electrons. The number of alkyl halides is 3. The molecule has 0 bridgehead atoms. The molecular formula is C17H24F3NO. The van der Waals surface area contributed by atoms with Crippen LogP contribution in [0.2, 0.25) is 0 Å². The molecule has 1 aliphatic heterocycles. The molecule has 1 heterocycles. The first-order chi connectivity index (χ1) is 10.1. The summed E-state index contributed by atoms with van der Waals surface area (Å²) in [6.45, 7) is 6.98. The Hall–Kier alpha value is -1.07. The van der Waals surface area contributed by atoms with Crippen LogP contribution in [0.15, 0.2) is 18.2 Å². The van der Waals surface area contributed by atoms with E-state index in [0.29, 0.717) is 12.1 Å². The topological polar surface area (TPSA) is 23.5 Å². The van der Waals surface area contributed by atoms with Crippen molar-refractivity contribution in [3.63, 3.8) is 0 Å². The number of likely N-dealkylation sites (tertiary alicyclic amines) is 1. The van der Waals surface area contributed by atoms with Crippen molar-refractivity contribution in [1.29, 1.82) is 0 Å². The molecular weight excluding hydrogens is 291 g/mol. The summed E-state index contributed by atoms with van der Waals surface area (Å²) in [5, 5.41) is 9.36. The average Bonchev–Trinajstić information content (AvgIpc) is 2.83. The van der Waals surface area contributed by atoms with Crippen LogP contribution < -0.4 is 0 Å². The maximum atomic E-state index is 13.2. The van der Waals surface area contributed by atoms with E-state index in [0.717, 1.165) is 24.9 Å². The number of halogens is 3. The summed E-state index contributed by atoms with van der Waals surface area (Å²) in [4.78, 5) is 2.15. The van der Waals surface area contributed by atoms with Gasteiger partial charge in [-0.3, -0.25) is 4.90 Å². The van der Waals surface area contributed by atoms with E-state index in [9.17, 15) is 18.3 Å². The molecule has 1 saturated heterocycles. The molecule has 5 heteroatoms. The zero-order valence-corrected chi connectivity index (χ0v) is 13.4. The summed E-state index contributed by atoms with van der Waals surface area (Å²) in [6, 6.07) is 4.56. The Morgan fingerprint density at radius 2 is 1.86 bits per heavy atom. The maximum Gasteiger partial charge on any atom is 0.416 e. The van der Waals surface area contributed by atoms with Crippen LogP contribution in [0.4, 0.5) is 13.2 Å². The lowest BCUT2D eigenvalue weighted by molar-refractivity contribution is -0.138. The number of aliphatic hydroxyl groups is 1. The monoisotopic (exact) mass is 315 g/mol. The van der Waals surface area contributed by atoms with Crippen molar-refractivity contribution in [3.05, 3.63) is 34.9 Å². The van der Waals surface area contributed by atoms with Gasteiger partial charge in [-0.25, -0.2) is 0 Å². The fraction of sp³-hybridized carbons (Fsp3) is 0.647. The summed E-state index contributed by atoms with van der Waals surface area (Å²) >= 11 is 0. The van der Waals surface area contributed by atoms with E-state index in [1.165, 1.54) is 6.07 Å². The molecule has 1 fully saturated rings. The average molecular weight is 315 g/mol. The normalized spacial score (nSPS) is 20.6. The summed E-state index contributed by atoms with van der Waals surface area (Å²) in [7, 11) is 0. The Balaban J connectivity index is 2.31. The predicted octanol–water partition coefficient (Wildman–Crippen LogP) is 3.96. The quantitative estimate of drug-likeness (QED) is 0.912. The van der Waals surface area contributed by atoms with Gasteiger partial charge in [-0.15, -0.1) is 0 Å². The molecule has 1 aromatic rings. The molecule has 1 aliphatic rings. The van der Waals surface area contributed by atoms with Crippen LogP contribution in [-0.2, 0) is 18.1 Å². The van der Waals surface area contributed by atoms with Crippen molar-refractivity contribution in [3.8, 4) is 0 Å². The third kappa shape index (κ3) is 3.82. The van der Waals surface area contributed by atoms with Gasteiger partial charge >= 0.3 is 6.18 Å². The summed E-state index contributed by atoms with van der Waals surface area (Å²) in [5.41, 5.74) is 0.0850. The molecule has 2 rings (SSSR count). The number of nitrogens with zero attached hydrogens (tertiary/aromatic N) is 1. The van der Waals surface area contributed by atoms with Gasteiger partial charge in [0.1, 0.15) is 0 Å². The zero-order chi connectivity index (χ0) is 16.5. The van der Waals surface area contributed by atoms with Crippen LogP contribution in [0.1, 0.15) is 50.3 Å². The fourth-order valence-corrected chi connectivity index (χ4v) is 3.10. The van der Waals surface area contributed by atoms with Gasteiger partial charge in [0.05, 0.1) is 12.2 Å². The Morgan fingerprint density at radius 3 is 2.41 bits per heavy atom. The summed E-state index contributed by atoms with van der Waals surface area (Å²) < 4.78 is 39.6. The number of benzene rings is 1. The molecule has 0 amide bonds. The minimum Gasteiger partial charge on any atom is -0.395 e. The molecule has 1 N–H and O–H groups in total. The van der Waals surface area contributed by atoms with E-state index < -0.39 is 17.2 Å². The first-order valence-electron chi connectivity index (χ1n) is 7.68. The SMILES string of the molecule is CC(C)(C)c1cc(CN2CCC[C@H]2CO)ccc1C(F)(F)F. The third-order valence-electron chi connectivity index (χ3n) is 4.29. The van der Waals surface area contributed by atoms with Crippen molar-refractivity contribution >= 4 is 0 Å². The minimum absolute atomic E-state index is 0.104. The van der Waals surface area contributed by atoms with E-state index in [2.05, 4.69) is 4.90 Å². The minimum atomic E-state index is -4.33. The number of rotatable bonds is 3. The number of hydrogen-bond acceptors (Lipinski definition) is 2. The predicted molar refractivity (Wildman–Crippen MR) is 80.7 cm³/mol. The van der Waals surface area contributed by atoms with E-state index >= 15 is 0 Å². The number of aliphatic hydroxyl groups excluding tert-OH is 1. The smallest absolute Gasteiger partial charge is 0.395 e. The Kier molecular flexibility index (Phi) is 4.87. The van der Waals surface area contributed by atoms with Crippen molar-refractivity contribution in [2.24, 2.45) is 0 Å². The molecule has 0 saturated carbocycles. The highest BCUT2D eigenvalue weighted by Gasteiger charge is 2.36. The summed E-state index contributed by atoms with van der Waals surface area (Å²) in [5.74, 6) is 0. The first-order valence-corrected chi connectivity index (χ1v) is 7.68.